The summed E-state index contributed by atoms with van der Waals surface area (Å²) in [4.78, 5) is 1.80. The van der Waals surface area contributed by atoms with Gasteiger partial charge in [0.15, 0.2) is 6.29 Å². The van der Waals surface area contributed by atoms with Crippen LogP contribution in [0.15, 0.2) is 66.7 Å². The van der Waals surface area contributed by atoms with Crippen LogP contribution >= 0.6 is 0 Å². The fraction of sp³-hybridized carbons (Fsp3) is 0.355. The molecule has 1 heterocycles. The maximum Gasteiger partial charge on any atom is 0.159 e. The van der Waals surface area contributed by atoms with Crippen LogP contribution in [0.3, 0.4) is 0 Å². The molecule has 1 saturated heterocycles. The van der Waals surface area contributed by atoms with Crippen LogP contribution in [0.2, 0.25) is 0 Å². The molecule has 0 aromatic heterocycles. The molecule has 6 heteroatoms. The van der Waals surface area contributed by atoms with Gasteiger partial charge >= 0.3 is 0 Å². The average Bonchev–Trinajstić information content (AvgIpc) is 2.93. The molecule has 3 aromatic carbocycles. The lowest BCUT2D eigenvalue weighted by Crippen LogP contribution is -2.39. The van der Waals surface area contributed by atoms with E-state index in [2.05, 4.69) is 6.08 Å². The van der Waals surface area contributed by atoms with Gasteiger partial charge in [-0.15, -0.1) is 0 Å². The summed E-state index contributed by atoms with van der Waals surface area (Å²) in [5, 5.41) is 0. The quantitative estimate of drug-likeness (QED) is 0.317. The molecule has 194 valence electrons. The van der Waals surface area contributed by atoms with Gasteiger partial charge in [-0.2, -0.15) is 0 Å². The van der Waals surface area contributed by atoms with E-state index in [1.165, 1.54) is 12.1 Å². The van der Waals surface area contributed by atoms with Gasteiger partial charge < -0.3 is 19.1 Å². The molecule has 5 rings (SSSR count). The summed E-state index contributed by atoms with van der Waals surface area (Å²) >= 11 is 0. The molecule has 0 radical (unpaired) electrons. The van der Waals surface area contributed by atoms with Crippen LogP contribution in [0.5, 0.6) is 5.75 Å². The molecule has 0 spiro atoms. The monoisotopic (exact) mass is 505 g/mol. The zero-order chi connectivity index (χ0) is 25.8. The van der Waals surface area contributed by atoms with Crippen molar-refractivity contribution >= 4 is 11.3 Å². The summed E-state index contributed by atoms with van der Waals surface area (Å²) in [6, 6.07) is 18.9. The number of benzene rings is 3. The van der Waals surface area contributed by atoms with Gasteiger partial charge in [-0.3, -0.25) is 0 Å². The first-order chi connectivity index (χ1) is 18.1. The number of halogens is 2. The number of hydrogen-bond donors (Lipinski definition) is 0. The number of ether oxygens (including phenoxy) is 3. The van der Waals surface area contributed by atoms with E-state index in [4.69, 9.17) is 14.2 Å². The molecule has 0 unspecified atom stereocenters. The van der Waals surface area contributed by atoms with Gasteiger partial charge in [-0.25, -0.2) is 8.78 Å². The molecule has 0 amide bonds. The Morgan fingerprint density at radius 1 is 0.919 bits per heavy atom. The Morgan fingerprint density at radius 2 is 1.62 bits per heavy atom. The van der Waals surface area contributed by atoms with Crippen molar-refractivity contribution in [1.82, 2.24) is 0 Å². The Kier molecular flexibility index (Phi) is 7.87. The molecule has 3 aromatic rings. The van der Waals surface area contributed by atoms with Crippen molar-refractivity contribution in [3.63, 3.8) is 0 Å². The number of allylic oxidation sites excluding steroid dienone is 1. The molecule has 1 aliphatic carbocycles. The van der Waals surface area contributed by atoms with E-state index >= 15 is 8.78 Å². The van der Waals surface area contributed by atoms with E-state index in [1.54, 1.807) is 19.1 Å². The molecule has 0 N–H and O–H groups in total. The van der Waals surface area contributed by atoms with E-state index < -0.39 is 11.6 Å². The lowest BCUT2D eigenvalue weighted by atomic mass is 9.86. The molecule has 1 aliphatic heterocycles. The van der Waals surface area contributed by atoms with Crippen molar-refractivity contribution in [3.8, 4) is 5.75 Å². The molecule has 37 heavy (non-hydrogen) atoms. The first kappa shape index (κ1) is 25.4. The number of rotatable bonds is 8. The van der Waals surface area contributed by atoms with E-state index in [0.29, 0.717) is 25.3 Å². The van der Waals surface area contributed by atoms with Gasteiger partial charge in [0.2, 0.25) is 0 Å². The summed E-state index contributed by atoms with van der Waals surface area (Å²) in [6.07, 6.45) is 4.95. The van der Waals surface area contributed by atoms with Crippen LogP contribution in [0.4, 0.5) is 14.5 Å². The van der Waals surface area contributed by atoms with Crippen LogP contribution in [-0.2, 0) is 22.5 Å². The van der Waals surface area contributed by atoms with Crippen molar-refractivity contribution in [1.29, 1.82) is 0 Å². The number of methoxy groups -OCH3 is 2. The second-order valence-electron chi connectivity index (χ2n) is 9.70. The third-order valence-corrected chi connectivity index (χ3v) is 7.41. The van der Waals surface area contributed by atoms with Gasteiger partial charge in [-0.1, -0.05) is 42.5 Å². The normalized spacial score (nSPS) is 16.0. The number of hydrogen-bond acceptors (Lipinski definition) is 4. The summed E-state index contributed by atoms with van der Waals surface area (Å²) in [6.45, 7) is 1.60. The van der Waals surface area contributed by atoms with Crippen LogP contribution in [-0.4, -0.2) is 33.6 Å². The molecule has 0 atom stereocenters. The number of aryl methyl sites for hydroxylation is 1. The number of piperidine rings is 1. The van der Waals surface area contributed by atoms with Gasteiger partial charge in [0.05, 0.1) is 0 Å². The van der Waals surface area contributed by atoms with Crippen molar-refractivity contribution in [3.05, 3.63) is 101 Å². The number of fused-ring (bicyclic) bond motifs is 1. The molecule has 4 nitrogen and oxygen atoms in total. The fourth-order valence-electron chi connectivity index (χ4n) is 5.53. The Labute approximate surface area is 217 Å². The SMILES string of the molecule is COC(OC)C1CCN(c2c(F)cc(C3=CCCc4cc(OCc5ccccc5)ccc43)cc2F)CC1. The smallest absolute Gasteiger partial charge is 0.159 e. The molecule has 0 bridgehead atoms. The van der Waals surface area contributed by atoms with Crippen LogP contribution < -0.4 is 9.64 Å². The highest BCUT2D eigenvalue weighted by atomic mass is 19.1. The Hall–Kier alpha value is -3.22. The minimum Gasteiger partial charge on any atom is -0.489 e. The van der Waals surface area contributed by atoms with Crippen molar-refractivity contribution < 1.29 is 23.0 Å². The first-order valence-corrected chi connectivity index (χ1v) is 12.9. The summed E-state index contributed by atoms with van der Waals surface area (Å²) in [5.74, 6) is -0.0510. The lowest BCUT2D eigenvalue weighted by molar-refractivity contribution is -0.141. The highest BCUT2D eigenvalue weighted by Gasteiger charge is 2.29. The summed E-state index contributed by atoms with van der Waals surface area (Å²) in [7, 11) is 3.24. The summed E-state index contributed by atoms with van der Waals surface area (Å²) < 4.78 is 47.5. The maximum atomic E-state index is 15.4. The molecule has 2 aliphatic rings. The van der Waals surface area contributed by atoms with Crippen molar-refractivity contribution in [2.75, 3.05) is 32.2 Å². The summed E-state index contributed by atoms with van der Waals surface area (Å²) in [5.41, 5.74) is 4.70. The zero-order valence-corrected chi connectivity index (χ0v) is 21.4. The predicted molar refractivity (Wildman–Crippen MR) is 142 cm³/mol. The van der Waals surface area contributed by atoms with E-state index in [-0.39, 0.29) is 17.9 Å². The number of anilines is 1. The largest absolute Gasteiger partial charge is 0.489 e. The Balaban J connectivity index is 1.32. The number of nitrogens with zero attached hydrogens (tertiary/aromatic N) is 1. The van der Waals surface area contributed by atoms with Gasteiger partial charge in [0.1, 0.15) is 29.7 Å². The molecular formula is C31H33F2NO3. The lowest BCUT2D eigenvalue weighted by Gasteiger charge is -2.36. The fourth-order valence-corrected chi connectivity index (χ4v) is 5.53. The molecular weight excluding hydrogens is 472 g/mol. The highest BCUT2D eigenvalue weighted by Crippen LogP contribution is 2.37. The van der Waals surface area contributed by atoms with Crippen molar-refractivity contribution in [2.45, 2.75) is 38.6 Å². The third kappa shape index (κ3) is 5.55. The second kappa shape index (κ2) is 11.4. The standard InChI is InChI=1S/C31H33F2NO3/c1-35-31(36-2)22-13-15-34(16-14-22)30-28(32)18-24(19-29(30)33)26-10-6-9-23-17-25(11-12-27(23)26)37-20-21-7-4-3-5-8-21/h3-5,7-8,10-12,17-19,22,31H,6,9,13-16,20H2,1-2H3. The molecule has 0 saturated carbocycles. The highest BCUT2D eigenvalue weighted by molar-refractivity contribution is 5.83. The molecule has 1 fully saturated rings. The van der Waals surface area contributed by atoms with Crippen LogP contribution in [0, 0.1) is 17.6 Å². The van der Waals surface area contributed by atoms with E-state index in [9.17, 15) is 0 Å². The van der Waals surface area contributed by atoms with Gasteiger partial charge in [0.25, 0.3) is 0 Å². The topological polar surface area (TPSA) is 30.9 Å². The minimum absolute atomic E-state index is 0.0508. The Bertz CT molecular complexity index is 1230. The second-order valence-corrected chi connectivity index (χ2v) is 9.70. The van der Waals surface area contributed by atoms with Gasteiger partial charge in [0, 0.05) is 33.2 Å². The first-order valence-electron chi connectivity index (χ1n) is 12.9. The van der Waals surface area contributed by atoms with Crippen molar-refractivity contribution in [2.24, 2.45) is 5.92 Å². The Morgan fingerprint density at radius 3 is 2.30 bits per heavy atom. The predicted octanol–water partition coefficient (Wildman–Crippen LogP) is 6.76. The minimum atomic E-state index is -0.528. The van der Waals surface area contributed by atoms with E-state index in [1.807, 2.05) is 48.5 Å². The zero-order valence-electron chi connectivity index (χ0n) is 21.4. The van der Waals surface area contributed by atoms with E-state index in [0.717, 1.165) is 53.7 Å². The average molecular weight is 506 g/mol. The van der Waals surface area contributed by atoms with Crippen LogP contribution in [0.25, 0.3) is 5.57 Å². The van der Waals surface area contributed by atoms with Gasteiger partial charge in [-0.05, 0) is 77.8 Å². The third-order valence-electron chi connectivity index (χ3n) is 7.41. The van der Waals surface area contributed by atoms with Crippen LogP contribution in [0.1, 0.15) is 41.5 Å². The maximum absolute atomic E-state index is 15.4.